The number of hydrogen-bond donors (Lipinski definition) is 0. The van der Waals surface area contributed by atoms with Gasteiger partial charge in [0, 0.05) is 0 Å². The van der Waals surface area contributed by atoms with Gasteiger partial charge < -0.3 is 9.84 Å². The number of benzene rings is 1. The molecular weight excluding hydrogens is 159 g/mol. The SMILES string of the molecule is CO/C([O-])=C(\C)c1ccccc1.[Li+]. The van der Waals surface area contributed by atoms with E-state index < -0.39 is 0 Å². The number of rotatable bonds is 2. The molecule has 1 rings (SSSR count). The number of methoxy groups -OCH3 is 1. The molecule has 13 heavy (non-hydrogen) atoms. The first-order valence-corrected chi connectivity index (χ1v) is 3.73. The summed E-state index contributed by atoms with van der Waals surface area (Å²) in [6.07, 6.45) is 0. The second-order valence-corrected chi connectivity index (χ2v) is 2.48. The summed E-state index contributed by atoms with van der Waals surface area (Å²) in [6.45, 7) is 1.75. The van der Waals surface area contributed by atoms with Crippen LogP contribution in [0.15, 0.2) is 36.3 Å². The summed E-state index contributed by atoms with van der Waals surface area (Å²) in [4.78, 5) is 0. The Morgan fingerprint density at radius 1 is 1.23 bits per heavy atom. The summed E-state index contributed by atoms with van der Waals surface area (Å²) in [7, 11) is 1.38. The second kappa shape index (κ2) is 5.74. The Balaban J connectivity index is 0.00000144. The van der Waals surface area contributed by atoms with Gasteiger partial charge in [-0.2, -0.15) is 0 Å². The molecule has 0 aliphatic rings. The minimum absolute atomic E-state index is 0. The van der Waals surface area contributed by atoms with Crippen LogP contribution in [0.5, 0.6) is 0 Å². The zero-order valence-corrected chi connectivity index (χ0v) is 8.20. The van der Waals surface area contributed by atoms with Crippen molar-refractivity contribution in [3.63, 3.8) is 0 Å². The van der Waals surface area contributed by atoms with Crippen LogP contribution in [0.1, 0.15) is 12.5 Å². The number of ether oxygens (including phenoxy) is 1. The van der Waals surface area contributed by atoms with E-state index in [0.717, 1.165) is 5.56 Å². The number of allylic oxidation sites excluding steroid dienone is 1. The van der Waals surface area contributed by atoms with Gasteiger partial charge in [-0.3, -0.25) is 0 Å². The molecule has 0 fully saturated rings. The van der Waals surface area contributed by atoms with Crippen molar-refractivity contribution in [2.45, 2.75) is 6.92 Å². The van der Waals surface area contributed by atoms with Crippen molar-refractivity contribution in [3.8, 4) is 0 Å². The van der Waals surface area contributed by atoms with Crippen molar-refractivity contribution >= 4 is 5.57 Å². The quantitative estimate of drug-likeness (QED) is 0.395. The van der Waals surface area contributed by atoms with Gasteiger partial charge >= 0.3 is 18.9 Å². The van der Waals surface area contributed by atoms with E-state index in [4.69, 9.17) is 0 Å². The third kappa shape index (κ3) is 3.18. The normalized spacial score (nSPS) is 11.2. The topological polar surface area (TPSA) is 32.3 Å². The zero-order chi connectivity index (χ0) is 8.97. The monoisotopic (exact) mass is 170 g/mol. The molecule has 3 heteroatoms. The van der Waals surface area contributed by atoms with Crippen molar-refractivity contribution in [3.05, 3.63) is 41.8 Å². The van der Waals surface area contributed by atoms with E-state index in [0.29, 0.717) is 5.57 Å². The first-order valence-electron chi connectivity index (χ1n) is 3.73. The number of hydrogen-bond acceptors (Lipinski definition) is 2. The predicted octanol–water partition coefficient (Wildman–Crippen LogP) is -1.61. The molecule has 0 saturated carbocycles. The van der Waals surface area contributed by atoms with Crippen LogP contribution in [0.3, 0.4) is 0 Å². The van der Waals surface area contributed by atoms with Gasteiger partial charge in [0.1, 0.15) is 0 Å². The summed E-state index contributed by atoms with van der Waals surface area (Å²) < 4.78 is 4.59. The summed E-state index contributed by atoms with van der Waals surface area (Å²) in [5.74, 6) is -0.277. The fourth-order valence-electron chi connectivity index (χ4n) is 0.959. The largest absolute Gasteiger partial charge is 1.00 e. The van der Waals surface area contributed by atoms with Gasteiger partial charge in [0.05, 0.1) is 5.95 Å². The molecule has 0 aliphatic carbocycles. The fraction of sp³-hybridized carbons (Fsp3) is 0.200. The molecule has 0 heterocycles. The van der Waals surface area contributed by atoms with E-state index >= 15 is 0 Å². The van der Waals surface area contributed by atoms with E-state index in [1.54, 1.807) is 6.92 Å². The first kappa shape index (κ1) is 12.2. The maximum absolute atomic E-state index is 11.1. The maximum atomic E-state index is 11.1. The Morgan fingerprint density at radius 3 is 2.23 bits per heavy atom. The molecule has 64 valence electrons. The van der Waals surface area contributed by atoms with Gasteiger partial charge in [-0.15, -0.1) is 0 Å². The molecule has 0 aliphatic heterocycles. The van der Waals surface area contributed by atoms with E-state index in [1.807, 2.05) is 30.3 Å². The smallest absolute Gasteiger partial charge is 0.616 e. The standard InChI is InChI=1S/C10H12O2.Li/c1-8(10(11)12-2)9-6-4-3-5-7-9;/h3-7,11H,1-2H3;/q;+1/p-1/b10-8+;. The molecule has 1 aromatic carbocycles. The summed E-state index contributed by atoms with van der Waals surface area (Å²) in [5.41, 5.74) is 1.54. The molecule has 0 N–H and O–H groups in total. The molecule has 0 spiro atoms. The summed E-state index contributed by atoms with van der Waals surface area (Å²) in [6, 6.07) is 9.45. The molecule has 0 unspecified atom stereocenters. The zero-order valence-electron chi connectivity index (χ0n) is 8.20. The Morgan fingerprint density at radius 2 is 1.77 bits per heavy atom. The Hall–Kier alpha value is -0.843. The van der Waals surface area contributed by atoms with Crippen molar-refractivity contribution in [1.29, 1.82) is 0 Å². The minimum Gasteiger partial charge on any atom is -0.616 e. The average Bonchev–Trinajstić information content (AvgIpc) is 2.17. The van der Waals surface area contributed by atoms with Crippen LogP contribution in [0, 0.1) is 0 Å². The Kier molecular flexibility index (Phi) is 5.37. The second-order valence-electron chi connectivity index (χ2n) is 2.48. The molecule has 0 saturated heterocycles. The van der Waals surface area contributed by atoms with E-state index in [1.165, 1.54) is 7.11 Å². The van der Waals surface area contributed by atoms with Crippen LogP contribution in [0.4, 0.5) is 0 Å². The van der Waals surface area contributed by atoms with Crippen molar-refractivity contribution in [2.75, 3.05) is 7.11 Å². The van der Waals surface area contributed by atoms with Crippen molar-refractivity contribution in [2.24, 2.45) is 0 Å². The molecule has 0 bridgehead atoms. The Bertz CT molecular complexity index is 280. The molecule has 0 amide bonds. The molecule has 0 atom stereocenters. The molecule has 2 nitrogen and oxygen atoms in total. The molecule has 0 aromatic heterocycles. The predicted molar refractivity (Wildman–Crippen MR) is 46.0 cm³/mol. The van der Waals surface area contributed by atoms with Crippen molar-refractivity contribution in [1.82, 2.24) is 0 Å². The molecule has 1 aromatic rings. The van der Waals surface area contributed by atoms with Crippen LogP contribution in [0.25, 0.3) is 5.57 Å². The molecule has 0 radical (unpaired) electrons. The van der Waals surface area contributed by atoms with Crippen LogP contribution < -0.4 is 24.0 Å². The summed E-state index contributed by atoms with van der Waals surface area (Å²) in [5, 5.41) is 11.1. The average molecular weight is 170 g/mol. The van der Waals surface area contributed by atoms with Crippen LogP contribution in [0.2, 0.25) is 0 Å². The van der Waals surface area contributed by atoms with E-state index in [2.05, 4.69) is 4.74 Å². The van der Waals surface area contributed by atoms with Gasteiger partial charge in [-0.25, -0.2) is 0 Å². The third-order valence-corrected chi connectivity index (χ3v) is 1.70. The molecular formula is C10H11LiO2. The van der Waals surface area contributed by atoms with Gasteiger partial charge in [0.15, 0.2) is 0 Å². The summed E-state index contributed by atoms with van der Waals surface area (Å²) >= 11 is 0. The third-order valence-electron chi connectivity index (χ3n) is 1.70. The minimum atomic E-state index is -0.277. The van der Waals surface area contributed by atoms with Gasteiger partial charge in [0.2, 0.25) is 0 Å². The fourth-order valence-corrected chi connectivity index (χ4v) is 0.959. The van der Waals surface area contributed by atoms with Crippen LogP contribution >= 0.6 is 0 Å². The van der Waals surface area contributed by atoms with Gasteiger partial charge in [0.25, 0.3) is 0 Å². The van der Waals surface area contributed by atoms with Gasteiger partial charge in [-0.1, -0.05) is 30.3 Å². The van der Waals surface area contributed by atoms with Crippen molar-refractivity contribution < 1.29 is 28.7 Å². The van der Waals surface area contributed by atoms with Gasteiger partial charge in [-0.05, 0) is 25.2 Å². The van der Waals surface area contributed by atoms with E-state index in [-0.39, 0.29) is 24.8 Å². The van der Waals surface area contributed by atoms with Crippen LogP contribution in [-0.4, -0.2) is 7.11 Å². The Labute approximate surface area is 90.4 Å². The maximum Gasteiger partial charge on any atom is 1.00 e. The van der Waals surface area contributed by atoms with Crippen LogP contribution in [-0.2, 0) is 4.74 Å². The van der Waals surface area contributed by atoms with E-state index in [9.17, 15) is 5.11 Å². The first-order chi connectivity index (χ1) is 5.75.